The first-order chi connectivity index (χ1) is 13.8. The summed E-state index contributed by atoms with van der Waals surface area (Å²) in [4.78, 5) is 62.5. The zero-order chi connectivity index (χ0) is 23.2. The van der Waals surface area contributed by atoms with Gasteiger partial charge in [-0.3, -0.25) is 0 Å². The van der Waals surface area contributed by atoms with Crippen molar-refractivity contribution in [2.45, 2.75) is 0 Å². The molecule has 0 heterocycles. The van der Waals surface area contributed by atoms with E-state index < -0.39 is 69.2 Å². The molecule has 156 valence electrons. The molecule has 0 radical (unpaired) electrons. The average Bonchev–Trinajstić information content (AvgIpc) is 2.67. The molecule has 0 aromatic heterocycles. The van der Waals surface area contributed by atoms with Crippen molar-refractivity contribution < 1.29 is 141 Å². The Labute approximate surface area is 244 Å². The Bertz CT molecular complexity index is 838. The molecule has 0 aliphatic carbocycles. The maximum atomic E-state index is 10.4. The molecule has 0 atom stereocenters. The van der Waals surface area contributed by atoms with Gasteiger partial charge in [0, 0.05) is 0 Å². The fraction of sp³-hybridized carbons (Fsp3) is 0. The Morgan fingerprint density at radius 1 is 0.333 bits per heavy atom. The standard InChI is InChI=1S/2C9H6O6.3Cd/c2*10-7(11)4-1-5(8(12)13)3-6(2-4)9(14)15;;;/h2*1-3H,(H,10,11)(H,12,13)(H,14,15);;;/q;;3*+2/p-6. The summed E-state index contributed by atoms with van der Waals surface area (Å²) in [5.74, 6) is -10.1. The predicted molar refractivity (Wildman–Crippen MR) is 78.9 cm³/mol. The molecule has 0 fully saturated rings. The quantitative estimate of drug-likeness (QED) is 0.251. The summed E-state index contributed by atoms with van der Waals surface area (Å²) in [7, 11) is 0. The molecule has 0 saturated heterocycles. The predicted octanol–water partition coefficient (Wildman–Crippen LogP) is -6.45. The summed E-state index contributed by atoms with van der Waals surface area (Å²) in [6.45, 7) is 0. The number of carbonyl (C=O) groups excluding carboxylic acids is 6. The number of hydrogen-bond acceptors (Lipinski definition) is 12. The molecule has 33 heavy (non-hydrogen) atoms. The van der Waals surface area contributed by atoms with Crippen LogP contribution in [0.4, 0.5) is 0 Å². The van der Waals surface area contributed by atoms with E-state index in [1.54, 1.807) is 0 Å². The molecule has 0 aliphatic heterocycles. The number of carboxylic acid groups (broad SMARTS) is 6. The molecule has 0 saturated carbocycles. The maximum absolute atomic E-state index is 10.4. The van der Waals surface area contributed by atoms with Gasteiger partial charge in [-0.2, -0.15) is 0 Å². The molecule has 0 unspecified atom stereocenters. The van der Waals surface area contributed by atoms with E-state index in [4.69, 9.17) is 0 Å². The summed E-state index contributed by atoms with van der Waals surface area (Å²) >= 11 is 0. The monoisotopic (exact) mass is 756 g/mol. The van der Waals surface area contributed by atoms with Gasteiger partial charge in [-0.15, -0.1) is 0 Å². The van der Waals surface area contributed by atoms with E-state index in [0.717, 1.165) is 36.4 Å². The second-order valence-corrected chi connectivity index (χ2v) is 5.32. The normalized spacial score (nSPS) is 8.73. The van der Waals surface area contributed by atoms with E-state index in [2.05, 4.69) is 0 Å². The van der Waals surface area contributed by atoms with Crippen LogP contribution in [0.25, 0.3) is 0 Å². The molecule has 12 nitrogen and oxygen atoms in total. The van der Waals surface area contributed by atoms with Crippen molar-refractivity contribution >= 4 is 35.8 Å². The van der Waals surface area contributed by atoms with Crippen molar-refractivity contribution in [1.82, 2.24) is 0 Å². The van der Waals surface area contributed by atoms with Crippen LogP contribution in [0, 0.1) is 0 Å². The third kappa shape index (κ3) is 11.1. The van der Waals surface area contributed by atoms with Crippen LogP contribution in [-0.2, 0) is 81.9 Å². The van der Waals surface area contributed by atoms with E-state index in [-0.39, 0.29) is 81.9 Å². The number of rotatable bonds is 6. The molecule has 0 spiro atoms. The Hall–Kier alpha value is -1.97. The minimum atomic E-state index is -1.68. The first-order valence-electron chi connectivity index (χ1n) is 7.41. The van der Waals surface area contributed by atoms with Crippen molar-refractivity contribution in [3.63, 3.8) is 0 Å². The zero-order valence-corrected chi connectivity index (χ0v) is 28.6. The number of hydrogen-bond donors (Lipinski definition) is 0. The minimum Gasteiger partial charge on any atom is -0.545 e. The van der Waals surface area contributed by atoms with Crippen molar-refractivity contribution in [2.24, 2.45) is 0 Å². The van der Waals surface area contributed by atoms with Gasteiger partial charge in [-0.1, -0.05) is 0 Å². The Morgan fingerprint density at radius 3 is 0.485 bits per heavy atom. The van der Waals surface area contributed by atoms with E-state index >= 15 is 0 Å². The Morgan fingerprint density at radius 2 is 0.424 bits per heavy atom. The van der Waals surface area contributed by atoms with Crippen LogP contribution < -0.4 is 30.6 Å². The van der Waals surface area contributed by atoms with Crippen LogP contribution in [-0.4, -0.2) is 35.8 Å². The molecule has 2 aromatic carbocycles. The smallest absolute Gasteiger partial charge is 0.545 e. The van der Waals surface area contributed by atoms with E-state index in [9.17, 15) is 59.4 Å². The van der Waals surface area contributed by atoms with Crippen molar-refractivity contribution in [2.75, 3.05) is 0 Å². The molecule has 2 aromatic rings. The molecular formula is C18H6Cd3O12. The van der Waals surface area contributed by atoms with Gasteiger partial charge in [0.15, 0.2) is 0 Å². The maximum Gasteiger partial charge on any atom is 2.00 e. The van der Waals surface area contributed by atoms with Crippen molar-refractivity contribution in [3.8, 4) is 0 Å². The fourth-order valence-corrected chi connectivity index (χ4v) is 1.96. The van der Waals surface area contributed by atoms with Gasteiger partial charge in [-0.05, 0) is 69.8 Å². The molecule has 0 N–H and O–H groups in total. The average molecular weight is 751 g/mol. The summed E-state index contributed by atoms with van der Waals surface area (Å²) in [5, 5.41) is 62.5. The van der Waals surface area contributed by atoms with Crippen LogP contribution in [0.3, 0.4) is 0 Å². The second-order valence-electron chi connectivity index (χ2n) is 5.32. The number of benzene rings is 2. The first kappa shape index (κ1) is 35.6. The molecule has 0 aliphatic rings. The van der Waals surface area contributed by atoms with Gasteiger partial charge < -0.3 is 59.4 Å². The fourth-order valence-electron chi connectivity index (χ4n) is 1.96. The summed E-state index contributed by atoms with van der Waals surface area (Å²) in [5.41, 5.74) is -3.36. The zero-order valence-electron chi connectivity index (χ0n) is 16.5. The van der Waals surface area contributed by atoms with Gasteiger partial charge >= 0.3 is 81.9 Å². The molecular weight excluding hydrogens is 745 g/mol. The summed E-state index contributed by atoms with van der Waals surface area (Å²) < 4.78 is 0. The number of carboxylic acids is 6. The SMILES string of the molecule is O=C([O-])c1cc(C(=O)[O-])cc(C(=O)[O-])c1.O=C([O-])c1cc(C(=O)[O-])cc(C(=O)[O-])c1.[Cd+2].[Cd+2].[Cd+2]. The minimum absolute atomic E-state index is 0. The van der Waals surface area contributed by atoms with Crippen LogP contribution in [0.15, 0.2) is 36.4 Å². The van der Waals surface area contributed by atoms with Gasteiger partial charge in [0.05, 0.1) is 35.8 Å². The molecule has 15 heteroatoms. The summed E-state index contributed by atoms with van der Waals surface area (Å²) in [6, 6.07) is 4.48. The second kappa shape index (κ2) is 15.8. The van der Waals surface area contributed by atoms with E-state index in [1.807, 2.05) is 0 Å². The first-order valence-corrected chi connectivity index (χ1v) is 7.41. The Balaban J connectivity index is -0.000000500. The van der Waals surface area contributed by atoms with Crippen molar-refractivity contribution in [1.29, 1.82) is 0 Å². The van der Waals surface area contributed by atoms with E-state index in [1.165, 1.54) is 0 Å². The third-order valence-corrected chi connectivity index (χ3v) is 3.28. The van der Waals surface area contributed by atoms with Crippen LogP contribution in [0.1, 0.15) is 62.1 Å². The van der Waals surface area contributed by atoms with Crippen LogP contribution in [0.5, 0.6) is 0 Å². The van der Waals surface area contributed by atoms with Gasteiger partial charge in [-0.25, -0.2) is 0 Å². The topological polar surface area (TPSA) is 241 Å². The van der Waals surface area contributed by atoms with Crippen LogP contribution >= 0.6 is 0 Å². The Kier molecular flexibility index (Phi) is 17.0. The number of aromatic carboxylic acids is 6. The van der Waals surface area contributed by atoms with Gasteiger partial charge in [0.25, 0.3) is 0 Å². The summed E-state index contributed by atoms with van der Waals surface area (Å²) in [6.07, 6.45) is 0. The molecule has 0 bridgehead atoms. The van der Waals surface area contributed by atoms with Gasteiger partial charge in [0.2, 0.25) is 0 Å². The number of carbonyl (C=O) groups is 6. The van der Waals surface area contributed by atoms with E-state index in [0.29, 0.717) is 0 Å². The largest absolute Gasteiger partial charge is 2.00 e. The van der Waals surface area contributed by atoms with Crippen LogP contribution in [0.2, 0.25) is 0 Å². The molecule has 2 rings (SSSR count). The van der Waals surface area contributed by atoms with Crippen molar-refractivity contribution in [3.05, 3.63) is 69.8 Å². The third-order valence-electron chi connectivity index (χ3n) is 3.28. The molecule has 0 amide bonds. The van der Waals surface area contributed by atoms with Gasteiger partial charge in [0.1, 0.15) is 0 Å².